The second-order valence-corrected chi connectivity index (χ2v) is 6.26. The first-order chi connectivity index (χ1) is 12.5. The van der Waals surface area contributed by atoms with Crippen LogP contribution < -0.4 is 5.32 Å². The lowest BCUT2D eigenvalue weighted by Crippen LogP contribution is -2.43. The van der Waals surface area contributed by atoms with Gasteiger partial charge in [0.1, 0.15) is 6.04 Å². The van der Waals surface area contributed by atoms with Crippen LogP contribution >= 0.6 is 0 Å². The second kappa shape index (κ2) is 8.07. The van der Waals surface area contributed by atoms with Crippen LogP contribution in [-0.4, -0.2) is 42.0 Å². The number of carbonyl (C=O) groups excluding carboxylic acids is 1. The number of amides is 1. The fourth-order valence-corrected chi connectivity index (χ4v) is 3.11. The SMILES string of the molecule is Cc1cccc(NC(=O)[C@H](c2cccc([N+](=O)[O-])c2)N2CCOCC2)c1. The van der Waals surface area contributed by atoms with Gasteiger partial charge in [-0.25, -0.2) is 0 Å². The molecular weight excluding hydrogens is 334 g/mol. The zero-order valence-corrected chi connectivity index (χ0v) is 14.6. The van der Waals surface area contributed by atoms with Crippen LogP contribution in [0.2, 0.25) is 0 Å². The first-order valence-electron chi connectivity index (χ1n) is 8.48. The predicted molar refractivity (Wildman–Crippen MR) is 98.0 cm³/mol. The Morgan fingerprint density at radius 2 is 1.92 bits per heavy atom. The van der Waals surface area contributed by atoms with E-state index in [2.05, 4.69) is 5.32 Å². The molecule has 26 heavy (non-hydrogen) atoms. The van der Waals surface area contributed by atoms with Crippen molar-refractivity contribution in [3.8, 4) is 0 Å². The topological polar surface area (TPSA) is 84.7 Å². The van der Waals surface area contributed by atoms with Crippen LogP contribution in [0.15, 0.2) is 48.5 Å². The molecule has 0 radical (unpaired) electrons. The summed E-state index contributed by atoms with van der Waals surface area (Å²) in [4.78, 5) is 25.7. The molecule has 1 aliphatic heterocycles. The number of anilines is 1. The highest BCUT2D eigenvalue weighted by molar-refractivity contribution is 5.95. The molecule has 2 aromatic carbocycles. The Hall–Kier alpha value is -2.77. The number of carbonyl (C=O) groups is 1. The number of nitro groups is 1. The van der Waals surface area contributed by atoms with E-state index in [9.17, 15) is 14.9 Å². The molecule has 0 spiro atoms. The number of nitro benzene ring substituents is 1. The lowest BCUT2D eigenvalue weighted by atomic mass is 10.0. The molecule has 1 fully saturated rings. The molecule has 1 N–H and O–H groups in total. The van der Waals surface area contributed by atoms with Gasteiger partial charge in [0, 0.05) is 30.9 Å². The number of nitrogens with one attached hydrogen (secondary N) is 1. The van der Waals surface area contributed by atoms with Gasteiger partial charge in [-0.3, -0.25) is 19.8 Å². The van der Waals surface area contributed by atoms with Gasteiger partial charge in [0.15, 0.2) is 0 Å². The molecule has 1 amide bonds. The smallest absolute Gasteiger partial charge is 0.269 e. The third kappa shape index (κ3) is 4.25. The maximum Gasteiger partial charge on any atom is 0.269 e. The van der Waals surface area contributed by atoms with Crippen molar-refractivity contribution in [1.29, 1.82) is 0 Å². The third-order valence-corrected chi connectivity index (χ3v) is 4.34. The first kappa shape index (κ1) is 18.0. The van der Waals surface area contributed by atoms with Crippen molar-refractivity contribution in [3.05, 3.63) is 69.8 Å². The molecule has 1 saturated heterocycles. The second-order valence-electron chi connectivity index (χ2n) is 6.26. The highest BCUT2D eigenvalue weighted by Crippen LogP contribution is 2.27. The molecule has 2 aromatic rings. The molecule has 3 rings (SSSR count). The summed E-state index contributed by atoms with van der Waals surface area (Å²) in [6.45, 7) is 4.20. The summed E-state index contributed by atoms with van der Waals surface area (Å²) in [7, 11) is 0. The Morgan fingerprint density at radius 1 is 1.19 bits per heavy atom. The summed E-state index contributed by atoms with van der Waals surface area (Å²) < 4.78 is 5.38. The monoisotopic (exact) mass is 355 g/mol. The fraction of sp³-hybridized carbons (Fsp3) is 0.316. The minimum absolute atomic E-state index is 0.0240. The Morgan fingerprint density at radius 3 is 2.62 bits per heavy atom. The molecule has 0 aromatic heterocycles. The van der Waals surface area contributed by atoms with Crippen molar-refractivity contribution in [2.45, 2.75) is 13.0 Å². The average molecular weight is 355 g/mol. The van der Waals surface area contributed by atoms with E-state index in [1.807, 2.05) is 36.1 Å². The number of hydrogen-bond acceptors (Lipinski definition) is 5. The van der Waals surface area contributed by atoms with Gasteiger partial charge in [-0.05, 0) is 30.2 Å². The highest BCUT2D eigenvalue weighted by Gasteiger charge is 2.30. The van der Waals surface area contributed by atoms with E-state index < -0.39 is 11.0 Å². The van der Waals surface area contributed by atoms with Gasteiger partial charge < -0.3 is 10.1 Å². The number of rotatable bonds is 5. The summed E-state index contributed by atoms with van der Waals surface area (Å²) in [5.41, 5.74) is 2.33. The van der Waals surface area contributed by atoms with E-state index in [0.717, 1.165) is 5.56 Å². The summed E-state index contributed by atoms with van der Waals surface area (Å²) in [5.74, 6) is -0.210. The molecule has 7 nitrogen and oxygen atoms in total. The number of ether oxygens (including phenoxy) is 1. The highest BCUT2D eigenvalue weighted by atomic mass is 16.6. The average Bonchev–Trinajstić information content (AvgIpc) is 2.63. The Bertz CT molecular complexity index is 803. The summed E-state index contributed by atoms with van der Waals surface area (Å²) >= 11 is 0. The van der Waals surface area contributed by atoms with Crippen molar-refractivity contribution in [2.75, 3.05) is 31.6 Å². The molecule has 0 aliphatic carbocycles. The van der Waals surface area contributed by atoms with Crippen molar-refractivity contribution in [2.24, 2.45) is 0 Å². The molecule has 0 unspecified atom stereocenters. The van der Waals surface area contributed by atoms with Gasteiger partial charge >= 0.3 is 0 Å². The summed E-state index contributed by atoms with van der Waals surface area (Å²) in [6, 6.07) is 13.2. The van der Waals surface area contributed by atoms with Gasteiger partial charge in [0.05, 0.1) is 18.1 Å². The number of benzene rings is 2. The quantitative estimate of drug-likeness (QED) is 0.658. The van der Waals surface area contributed by atoms with Gasteiger partial charge in [0.25, 0.3) is 5.69 Å². The Labute approximate surface area is 151 Å². The largest absolute Gasteiger partial charge is 0.379 e. The van der Waals surface area contributed by atoms with E-state index in [-0.39, 0.29) is 11.6 Å². The minimum Gasteiger partial charge on any atom is -0.379 e. The normalized spacial score (nSPS) is 16.0. The molecular formula is C19H21N3O4. The number of nitrogens with zero attached hydrogens (tertiary/aromatic N) is 2. The minimum atomic E-state index is -0.612. The van der Waals surface area contributed by atoms with Crippen LogP contribution in [0.1, 0.15) is 17.2 Å². The fourth-order valence-electron chi connectivity index (χ4n) is 3.11. The number of hydrogen-bond donors (Lipinski definition) is 1. The molecule has 1 aliphatic rings. The van der Waals surface area contributed by atoms with Crippen LogP contribution in [0.4, 0.5) is 11.4 Å². The van der Waals surface area contributed by atoms with E-state index in [1.165, 1.54) is 12.1 Å². The van der Waals surface area contributed by atoms with Gasteiger partial charge in [0.2, 0.25) is 5.91 Å². The van der Waals surface area contributed by atoms with Gasteiger partial charge in [-0.1, -0.05) is 24.3 Å². The molecule has 7 heteroatoms. The van der Waals surface area contributed by atoms with E-state index in [0.29, 0.717) is 37.6 Å². The van der Waals surface area contributed by atoms with Crippen LogP contribution in [0.25, 0.3) is 0 Å². The number of morpholine rings is 1. The standard InChI is InChI=1S/C19H21N3O4/c1-14-4-2-6-16(12-14)20-19(23)18(21-8-10-26-11-9-21)15-5-3-7-17(13-15)22(24)25/h2-7,12-13,18H,8-11H2,1H3,(H,20,23)/t18-/m0/s1. The number of non-ortho nitro benzene ring substituents is 1. The molecule has 136 valence electrons. The van der Waals surface area contributed by atoms with Crippen LogP contribution in [0, 0.1) is 17.0 Å². The first-order valence-corrected chi connectivity index (χ1v) is 8.48. The van der Waals surface area contributed by atoms with Crippen LogP contribution in [0.3, 0.4) is 0 Å². The van der Waals surface area contributed by atoms with Crippen molar-refractivity contribution in [3.63, 3.8) is 0 Å². The molecule has 1 heterocycles. The van der Waals surface area contributed by atoms with E-state index >= 15 is 0 Å². The maximum absolute atomic E-state index is 13.0. The van der Waals surface area contributed by atoms with Gasteiger partial charge in [-0.15, -0.1) is 0 Å². The van der Waals surface area contributed by atoms with Crippen LogP contribution in [-0.2, 0) is 9.53 Å². The zero-order chi connectivity index (χ0) is 18.5. The van der Waals surface area contributed by atoms with Crippen molar-refractivity contribution in [1.82, 2.24) is 4.90 Å². The van der Waals surface area contributed by atoms with E-state index in [1.54, 1.807) is 12.1 Å². The molecule has 1 atom stereocenters. The van der Waals surface area contributed by atoms with E-state index in [4.69, 9.17) is 4.74 Å². The lowest BCUT2D eigenvalue weighted by Gasteiger charge is -2.33. The lowest BCUT2D eigenvalue weighted by molar-refractivity contribution is -0.384. The van der Waals surface area contributed by atoms with Crippen molar-refractivity contribution >= 4 is 17.3 Å². The summed E-state index contributed by atoms with van der Waals surface area (Å²) in [5, 5.41) is 14.1. The zero-order valence-electron chi connectivity index (χ0n) is 14.6. The van der Waals surface area contributed by atoms with Crippen LogP contribution in [0.5, 0.6) is 0 Å². The maximum atomic E-state index is 13.0. The number of aryl methyl sites for hydroxylation is 1. The third-order valence-electron chi connectivity index (χ3n) is 4.34. The van der Waals surface area contributed by atoms with Gasteiger partial charge in [-0.2, -0.15) is 0 Å². The Balaban J connectivity index is 1.91. The molecule has 0 bridgehead atoms. The predicted octanol–water partition coefficient (Wildman–Crippen LogP) is 2.92. The summed E-state index contributed by atoms with van der Waals surface area (Å²) in [6.07, 6.45) is 0. The van der Waals surface area contributed by atoms with Crippen molar-refractivity contribution < 1.29 is 14.5 Å². The Kier molecular flexibility index (Phi) is 5.60. The molecule has 0 saturated carbocycles.